The van der Waals surface area contributed by atoms with Crippen molar-refractivity contribution in [1.82, 2.24) is 9.80 Å². The highest BCUT2D eigenvalue weighted by molar-refractivity contribution is 7.16. The van der Waals surface area contributed by atoms with Crippen LogP contribution in [0.15, 0.2) is 24.3 Å². The lowest BCUT2D eigenvalue weighted by Crippen LogP contribution is -2.51. The van der Waals surface area contributed by atoms with Gasteiger partial charge in [0.05, 0.1) is 5.00 Å². The summed E-state index contributed by atoms with van der Waals surface area (Å²) >= 11 is 1.66. The third-order valence-electron chi connectivity index (χ3n) is 3.71. The fraction of sp³-hybridized carbons (Fsp3) is 0.529. The molecule has 0 aromatic carbocycles. The standard InChI is InChI=1S/C17H25N3O2S/c1-13(2)14-7-8-17(23-14)20-11-10-19(12-16(20)22)15(21)6-5-9-18(3)4/h5-8,13H,9-12H2,1-4H3/b6-5+. The number of piperazine rings is 1. The van der Waals surface area contributed by atoms with Crippen LogP contribution in [0.25, 0.3) is 0 Å². The van der Waals surface area contributed by atoms with Crippen molar-refractivity contribution in [2.45, 2.75) is 19.8 Å². The zero-order chi connectivity index (χ0) is 17.0. The van der Waals surface area contributed by atoms with Crippen molar-refractivity contribution in [2.24, 2.45) is 0 Å². The quantitative estimate of drug-likeness (QED) is 0.775. The van der Waals surface area contributed by atoms with Gasteiger partial charge in [-0.15, -0.1) is 11.3 Å². The number of thiophene rings is 1. The van der Waals surface area contributed by atoms with E-state index in [-0.39, 0.29) is 18.4 Å². The third-order valence-corrected chi connectivity index (χ3v) is 5.12. The maximum absolute atomic E-state index is 12.4. The smallest absolute Gasteiger partial charge is 0.247 e. The zero-order valence-corrected chi connectivity index (χ0v) is 15.1. The van der Waals surface area contributed by atoms with Crippen LogP contribution >= 0.6 is 11.3 Å². The zero-order valence-electron chi connectivity index (χ0n) is 14.3. The number of rotatable bonds is 5. The molecule has 6 heteroatoms. The van der Waals surface area contributed by atoms with E-state index in [0.717, 1.165) is 5.00 Å². The van der Waals surface area contributed by atoms with Crippen LogP contribution in [-0.4, -0.2) is 61.9 Å². The average Bonchev–Trinajstić information content (AvgIpc) is 2.96. The highest BCUT2D eigenvalue weighted by Crippen LogP contribution is 2.31. The predicted molar refractivity (Wildman–Crippen MR) is 95.0 cm³/mol. The summed E-state index contributed by atoms with van der Waals surface area (Å²) in [6, 6.07) is 4.09. The van der Waals surface area contributed by atoms with Crippen molar-refractivity contribution >= 4 is 28.2 Å². The molecule has 1 aromatic heterocycles. The molecule has 23 heavy (non-hydrogen) atoms. The molecule has 0 radical (unpaired) electrons. The summed E-state index contributed by atoms with van der Waals surface area (Å²) in [6.45, 7) is 6.30. The SMILES string of the molecule is CC(C)c1ccc(N2CCN(C(=O)/C=C/CN(C)C)CC2=O)s1. The molecule has 1 aliphatic heterocycles. The van der Waals surface area contributed by atoms with Gasteiger partial charge in [0.15, 0.2) is 0 Å². The molecule has 0 unspecified atom stereocenters. The topological polar surface area (TPSA) is 43.9 Å². The fourth-order valence-electron chi connectivity index (χ4n) is 2.36. The lowest BCUT2D eigenvalue weighted by atomic mass is 10.2. The Morgan fingerprint density at radius 1 is 1.35 bits per heavy atom. The molecule has 0 bridgehead atoms. The second-order valence-electron chi connectivity index (χ2n) is 6.30. The molecule has 0 spiro atoms. The Hall–Kier alpha value is -1.66. The van der Waals surface area contributed by atoms with Gasteiger partial charge in [0, 0.05) is 30.6 Å². The van der Waals surface area contributed by atoms with Gasteiger partial charge in [-0.1, -0.05) is 19.9 Å². The first kappa shape index (κ1) is 17.7. The minimum atomic E-state index is -0.0890. The van der Waals surface area contributed by atoms with Gasteiger partial charge in [0.2, 0.25) is 11.8 Å². The van der Waals surface area contributed by atoms with E-state index in [9.17, 15) is 9.59 Å². The molecule has 126 valence electrons. The van der Waals surface area contributed by atoms with Gasteiger partial charge in [0.1, 0.15) is 6.54 Å². The van der Waals surface area contributed by atoms with Gasteiger partial charge in [-0.3, -0.25) is 9.59 Å². The number of carbonyl (C=O) groups is 2. The summed E-state index contributed by atoms with van der Waals surface area (Å²) in [5.41, 5.74) is 0. The minimum absolute atomic E-state index is 0.0113. The third kappa shape index (κ3) is 4.65. The van der Waals surface area contributed by atoms with Crippen LogP contribution in [0.1, 0.15) is 24.6 Å². The van der Waals surface area contributed by atoms with Gasteiger partial charge >= 0.3 is 0 Å². The lowest BCUT2D eigenvalue weighted by molar-refractivity contribution is -0.133. The first-order valence-electron chi connectivity index (χ1n) is 7.88. The van der Waals surface area contributed by atoms with Crippen LogP contribution in [0, 0.1) is 0 Å². The fourth-order valence-corrected chi connectivity index (χ4v) is 3.41. The number of likely N-dealkylation sites (N-methyl/N-ethyl adjacent to an activating group) is 1. The summed E-state index contributed by atoms with van der Waals surface area (Å²) in [4.78, 5) is 31.2. The number of amides is 2. The lowest BCUT2D eigenvalue weighted by Gasteiger charge is -2.33. The Kier molecular flexibility index (Phi) is 5.96. The first-order valence-corrected chi connectivity index (χ1v) is 8.70. The Balaban J connectivity index is 1.95. The normalized spacial score (nSPS) is 16.2. The van der Waals surface area contributed by atoms with Crippen LogP contribution in [0.2, 0.25) is 0 Å². The Morgan fingerprint density at radius 2 is 2.09 bits per heavy atom. The number of nitrogens with zero attached hydrogens (tertiary/aromatic N) is 3. The Labute approximate surface area is 142 Å². The van der Waals surface area contributed by atoms with Crippen LogP contribution in [0.4, 0.5) is 5.00 Å². The van der Waals surface area contributed by atoms with Crippen LogP contribution < -0.4 is 4.90 Å². The largest absolute Gasteiger partial charge is 0.328 e. The monoisotopic (exact) mass is 335 g/mol. The molecule has 1 saturated heterocycles. The van der Waals surface area contributed by atoms with E-state index in [2.05, 4.69) is 19.9 Å². The molecule has 1 aliphatic rings. The minimum Gasteiger partial charge on any atom is -0.328 e. The molecule has 2 heterocycles. The molecule has 0 aliphatic carbocycles. The van der Waals surface area contributed by atoms with E-state index >= 15 is 0 Å². The molecular weight excluding hydrogens is 310 g/mol. The van der Waals surface area contributed by atoms with Crippen molar-refractivity contribution in [2.75, 3.05) is 45.2 Å². The second-order valence-corrected chi connectivity index (χ2v) is 7.39. The van der Waals surface area contributed by atoms with E-state index in [0.29, 0.717) is 25.6 Å². The van der Waals surface area contributed by atoms with Crippen molar-refractivity contribution in [3.63, 3.8) is 0 Å². The van der Waals surface area contributed by atoms with Crippen LogP contribution in [-0.2, 0) is 9.59 Å². The Morgan fingerprint density at radius 3 is 2.65 bits per heavy atom. The number of hydrogen-bond acceptors (Lipinski definition) is 4. The summed E-state index contributed by atoms with van der Waals surface area (Å²) in [5, 5.41) is 0.981. The maximum atomic E-state index is 12.4. The molecule has 2 amide bonds. The van der Waals surface area contributed by atoms with E-state index in [1.54, 1.807) is 27.2 Å². The van der Waals surface area contributed by atoms with Gasteiger partial charge in [0.25, 0.3) is 0 Å². The molecule has 0 N–H and O–H groups in total. The summed E-state index contributed by atoms with van der Waals surface area (Å²) in [5.74, 6) is 0.366. The van der Waals surface area contributed by atoms with Gasteiger partial charge in [-0.05, 0) is 32.1 Å². The highest BCUT2D eigenvalue weighted by atomic mass is 32.1. The van der Waals surface area contributed by atoms with Gasteiger partial charge < -0.3 is 14.7 Å². The number of carbonyl (C=O) groups excluding carboxylic acids is 2. The first-order chi connectivity index (χ1) is 10.9. The van der Waals surface area contributed by atoms with Gasteiger partial charge in [-0.25, -0.2) is 0 Å². The second kappa shape index (κ2) is 7.75. The molecule has 2 rings (SSSR count). The highest BCUT2D eigenvalue weighted by Gasteiger charge is 2.28. The summed E-state index contributed by atoms with van der Waals surface area (Å²) < 4.78 is 0. The molecule has 5 nitrogen and oxygen atoms in total. The molecule has 1 fully saturated rings. The van der Waals surface area contributed by atoms with E-state index in [1.165, 1.54) is 4.88 Å². The van der Waals surface area contributed by atoms with Crippen LogP contribution in [0.5, 0.6) is 0 Å². The summed E-state index contributed by atoms with van der Waals surface area (Å²) in [7, 11) is 3.90. The molecule has 0 atom stereocenters. The molecular formula is C17H25N3O2S. The van der Waals surface area contributed by atoms with Crippen molar-refractivity contribution < 1.29 is 9.59 Å². The van der Waals surface area contributed by atoms with Crippen molar-refractivity contribution in [1.29, 1.82) is 0 Å². The molecule has 1 aromatic rings. The van der Waals surface area contributed by atoms with Gasteiger partial charge in [-0.2, -0.15) is 0 Å². The summed E-state index contributed by atoms with van der Waals surface area (Å²) in [6.07, 6.45) is 3.39. The van der Waals surface area contributed by atoms with E-state index in [4.69, 9.17) is 0 Å². The molecule has 0 saturated carbocycles. The predicted octanol–water partition coefficient (Wildman–Crippen LogP) is 2.16. The van der Waals surface area contributed by atoms with Crippen molar-refractivity contribution in [3.05, 3.63) is 29.2 Å². The average molecular weight is 335 g/mol. The van der Waals surface area contributed by atoms with Crippen molar-refractivity contribution in [3.8, 4) is 0 Å². The number of hydrogen-bond donors (Lipinski definition) is 0. The maximum Gasteiger partial charge on any atom is 0.247 e. The Bertz CT molecular complexity index is 592. The number of anilines is 1. The van der Waals surface area contributed by atoms with E-state index in [1.807, 2.05) is 31.1 Å². The van der Waals surface area contributed by atoms with Crippen LogP contribution in [0.3, 0.4) is 0 Å². The van der Waals surface area contributed by atoms with E-state index < -0.39 is 0 Å².